The lowest BCUT2D eigenvalue weighted by molar-refractivity contribution is -0.156. The zero-order valence-corrected chi connectivity index (χ0v) is 9.63. The minimum absolute atomic E-state index is 0. The largest absolute Gasteiger partial charge is 0.469 e. The highest BCUT2D eigenvalue weighted by Gasteiger charge is 2.36. The van der Waals surface area contributed by atoms with Gasteiger partial charge < -0.3 is 14.8 Å². The van der Waals surface area contributed by atoms with E-state index < -0.39 is 17.9 Å². The number of esters is 2. The average Bonchev–Trinajstić information content (AvgIpc) is 2.27. The molecule has 0 amide bonds. The molecule has 5 nitrogen and oxygen atoms in total. The molecule has 88 valence electrons. The number of carbonyl (C=O) groups excluding carboxylic acids is 2. The lowest BCUT2D eigenvalue weighted by Crippen LogP contribution is -2.50. The topological polar surface area (TPSA) is 64.6 Å². The predicted molar refractivity (Wildman–Crippen MR) is 55.8 cm³/mol. The van der Waals surface area contributed by atoms with Crippen LogP contribution in [0.15, 0.2) is 0 Å². The van der Waals surface area contributed by atoms with Gasteiger partial charge in [-0.2, -0.15) is 0 Å². The number of hydrogen-bond donors (Lipinski definition) is 1. The first-order chi connectivity index (χ1) is 6.70. The summed E-state index contributed by atoms with van der Waals surface area (Å²) in [6.45, 7) is 0.729. The molecule has 0 radical (unpaired) electrons. The summed E-state index contributed by atoms with van der Waals surface area (Å²) < 4.78 is 9.23. The van der Waals surface area contributed by atoms with E-state index >= 15 is 0 Å². The molecule has 1 saturated heterocycles. The lowest BCUT2D eigenvalue weighted by Gasteiger charge is -2.28. The zero-order chi connectivity index (χ0) is 10.6. The van der Waals surface area contributed by atoms with Gasteiger partial charge in [0.15, 0.2) is 0 Å². The molecule has 6 heteroatoms. The van der Waals surface area contributed by atoms with Gasteiger partial charge in [-0.1, -0.05) is 0 Å². The van der Waals surface area contributed by atoms with Gasteiger partial charge in [-0.05, 0) is 19.4 Å². The second-order valence-corrected chi connectivity index (χ2v) is 3.23. The van der Waals surface area contributed by atoms with Crippen molar-refractivity contribution < 1.29 is 19.1 Å². The van der Waals surface area contributed by atoms with Gasteiger partial charge in [0.05, 0.1) is 20.1 Å². The standard InChI is InChI=1S/C9H15NO4.ClH/c1-13-8(11)6-4-3-5-10-7(6)9(12)14-2;/h6-7,10H,3-5H2,1-2H3;1H/t6-,7+;/m1./s1. The molecule has 1 N–H and O–H groups in total. The summed E-state index contributed by atoms with van der Waals surface area (Å²) in [5, 5.41) is 2.96. The van der Waals surface area contributed by atoms with Crippen molar-refractivity contribution in [1.29, 1.82) is 0 Å². The van der Waals surface area contributed by atoms with Crippen LogP contribution >= 0.6 is 12.4 Å². The highest BCUT2D eigenvalue weighted by molar-refractivity contribution is 5.85. The minimum atomic E-state index is -0.554. The number of halogens is 1. The number of rotatable bonds is 2. The third-order valence-electron chi connectivity index (χ3n) is 2.42. The van der Waals surface area contributed by atoms with Crippen LogP contribution in [0.25, 0.3) is 0 Å². The fourth-order valence-corrected chi connectivity index (χ4v) is 1.67. The van der Waals surface area contributed by atoms with Gasteiger partial charge in [-0.25, -0.2) is 0 Å². The Morgan fingerprint density at radius 1 is 1.20 bits per heavy atom. The third kappa shape index (κ3) is 3.35. The van der Waals surface area contributed by atoms with Gasteiger partial charge in [-0.3, -0.25) is 9.59 Å². The third-order valence-corrected chi connectivity index (χ3v) is 2.42. The first-order valence-electron chi connectivity index (χ1n) is 4.59. The minimum Gasteiger partial charge on any atom is -0.469 e. The average molecular weight is 238 g/mol. The van der Waals surface area contributed by atoms with Crippen molar-refractivity contribution in [3.05, 3.63) is 0 Å². The van der Waals surface area contributed by atoms with Gasteiger partial charge in [-0.15, -0.1) is 12.4 Å². The van der Waals surface area contributed by atoms with Crippen molar-refractivity contribution in [2.75, 3.05) is 20.8 Å². The molecule has 2 atom stereocenters. The molecule has 0 unspecified atom stereocenters. The molecule has 0 spiro atoms. The van der Waals surface area contributed by atoms with Crippen LogP contribution in [0.3, 0.4) is 0 Å². The highest BCUT2D eigenvalue weighted by atomic mass is 35.5. The predicted octanol–water partition coefficient (Wildman–Crippen LogP) is 0.122. The zero-order valence-electron chi connectivity index (χ0n) is 8.82. The van der Waals surface area contributed by atoms with Gasteiger partial charge in [0.2, 0.25) is 0 Å². The summed E-state index contributed by atoms with van der Waals surface area (Å²) in [7, 11) is 2.64. The van der Waals surface area contributed by atoms with E-state index in [1.165, 1.54) is 14.2 Å². The fraction of sp³-hybridized carbons (Fsp3) is 0.778. The van der Waals surface area contributed by atoms with Crippen LogP contribution < -0.4 is 5.32 Å². The molecular formula is C9H16ClNO4. The Kier molecular flexibility index (Phi) is 6.27. The van der Waals surface area contributed by atoms with E-state index in [-0.39, 0.29) is 18.4 Å². The van der Waals surface area contributed by atoms with Crippen molar-refractivity contribution >= 4 is 24.3 Å². The molecule has 0 aliphatic carbocycles. The Bertz CT molecular complexity index is 210. The maximum Gasteiger partial charge on any atom is 0.323 e. The van der Waals surface area contributed by atoms with Crippen LogP contribution in [0.1, 0.15) is 12.8 Å². The Hall–Kier alpha value is -0.810. The van der Waals surface area contributed by atoms with Crippen LogP contribution in [0.2, 0.25) is 0 Å². The van der Waals surface area contributed by atoms with Crippen LogP contribution in [0.5, 0.6) is 0 Å². The van der Waals surface area contributed by atoms with Gasteiger partial charge in [0.25, 0.3) is 0 Å². The van der Waals surface area contributed by atoms with Crippen molar-refractivity contribution in [2.24, 2.45) is 5.92 Å². The summed E-state index contributed by atoms with van der Waals surface area (Å²) in [5.41, 5.74) is 0. The maximum atomic E-state index is 11.3. The van der Waals surface area contributed by atoms with E-state index in [0.717, 1.165) is 13.0 Å². The summed E-state index contributed by atoms with van der Waals surface area (Å²) in [4.78, 5) is 22.6. The van der Waals surface area contributed by atoms with Crippen LogP contribution in [0, 0.1) is 5.92 Å². The van der Waals surface area contributed by atoms with Crippen LogP contribution in [-0.4, -0.2) is 38.7 Å². The first kappa shape index (κ1) is 14.2. The monoisotopic (exact) mass is 237 g/mol. The first-order valence-corrected chi connectivity index (χ1v) is 4.59. The van der Waals surface area contributed by atoms with Crippen LogP contribution in [-0.2, 0) is 19.1 Å². The number of methoxy groups -OCH3 is 2. The summed E-state index contributed by atoms with van der Waals surface area (Å²) in [5.74, 6) is -1.17. The van der Waals surface area contributed by atoms with Crippen molar-refractivity contribution in [3.8, 4) is 0 Å². The molecule has 0 aromatic heterocycles. The van der Waals surface area contributed by atoms with Crippen LogP contribution in [0.4, 0.5) is 0 Å². The molecular weight excluding hydrogens is 222 g/mol. The van der Waals surface area contributed by atoms with Gasteiger partial charge in [0.1, 0.15) is 6.04 Å². The van der Waals surface area contributed by atoms with E-state index in [1.54, 1.807) is 0 Å². The molecule has 0 aromatic rings. The molecule has 0 bridgehead atoms. The Morgan fingerprint density at radius 2 is 1.80 bits per heavy atom. The van der Waals surface area contributed by atoms with Crippen molar-refractivity contribution in [3.63, 3.8) is 0 Å². The summed E-state index contributed by atoms with van der Waals surface area (Å²) in [6, 6.07) is -0.554. The fourth-order valence-electron chi connectivity index (χ4n) is 1.67. The quantitative estimate of drug-likeness (QED) is 0.692. The van der Waals surface area contributed by atoms with Crippen molar-refractivity contribution in [2.45, 2.75) is 18.9 Å². The molecule has 1 aliphatic rings. The molecule has 1 heterocycles. The van der Waals surface area contributed by atoms with Gasteiger partial charge >= 0.3 is 11.9 Å². The second-order valence-electron chi connectivity index (χ2n) is 3.23. The molecule has 1 aliphatic heterocycles. The number of ether oxygens (including phenoxy) is 2. The Balaban J connectivity index is 0.00000196. The maximum absolute atomic E-state index is 11.3. The smallest absolute Gasteiger partial charge is 0.323 e. The van der Waals surface area contributed by atoms with Gasteiger partial charge in [0, 0.05) is 0 Å². The molecule has 1 fully saturated rings. The highest BCUT2D eigenvalue weighted by Crippen LogP contribution is 2.18. The number of carbonyl (C=O) groups is 2. The van der Waals surface area contributed by atoms with E-state index in [2.05, 4.69) is 14.8 Å². The molecule has 15 heavy (non-hydrogen) atoms. The number of nitrogens with one attached hydrogen (secondary N) is 1. The normalized spacial score (nSPS) is 24.9. The molecule has 0 saturated carbocycles. The lowest BCUT2D eigenvalue weighted by atomic mass is 9.91. The Morgan fingerprint density at radius 3 is 2.33 bits per heavy atom. The molecule has 0 aromatic carbocycles. The second kappa shape index (κ2) is 6.63. The summed E-state index contributed by atoms with van der Waals surface area (Å²) >= 11 is 0. The van der Waals surface area contributed by atoms with E-state index in [0.29, 0.717) is 6.42 Å². The summed E-state index contributed by atoms with van der Waals surface area (Å²) in [6.07, 6.45) is 1.53. The SMILES string of the molecule is COC(=O)[C@H]1NCCC[C@H]1C(=O)OC.Cl. The van der Waals surface area contributed by atoms with E-state index in [4.69, 9.17) is 0 Å². The number of hydrogen-bond acceptors (Lipinski definition) is 5. The van der Waals surface area contributed by atoms with E-state index in [9.17, 15) is 9.59 Å². The van der Waals surface area contributed by atoms with E-state index in [1.807, 2.05) is 0 Å². The molecule has 1 rings (SSSR count). The Labute approximate surface area is 94.9 Å². The van der Waals surface area contributed by atoms with Crippen molar-refractivity contribution in [1.82, 2.24) is 5.32 Å². The number of piperidine rings is 1.